The highest BCUT2D eigenvalue weighted by Gasteiger charge is 2.21. The van der Waals surface area contributed by atoms with Gasteiger partial charge in [-0.25, -0.2) is 4.39 Å². The Morgan fingerprint density at radius 3 is 2.44 bits per heavy atom. The molecule has 3 N–H and O–H groups in total. The fourth-order valence-corrected chi connectivity index (χ4v) is 2.72. The number of amides is 2. The summed E-state index contributed by atoms with van der Waals surface area (Å²) in [5, 5.41) is 8.86. The summed E-state index contributed by atoms with van der Waals surface area (Å²) in [5.74, 6) is -0.556. The van der Waals surface area contributed by atoms with Gasteiger partial charge in [0.25, 0.3) is 5.91 Å². The Bertz CT molecular complexity index is 738. The predicted octanol–water partition coefficient (Wildman–Crippen LogP) is 2.30. The maximum absolute atomic E-state index is 12.9. The summed E-state index contributed by atoms with van der Waals surface area (Å²) in [4.78, 5) is 24.1. The Balaban J connectivity index is 1.52. The van der Waals surface area contributed by atoms with Crippen LogP contribution >= 0.6 is 0 Å². The molecule has 0 aromatic heterocycles. The van der Waals surface area contributed by atoms with Gasteiger partial charge in [0.05, 0.1) is 5.92 Å². The van der Waals surface area contributed by atoms with Crippen LogP contribution in [-0.2, 0) is 11.3 Å². The first-order valence-corrected chi connectivity index (χ1v) is 8.26. The lowest BCUT2D eigenvalue weighted by atomic mass is 10.1. The molecule has 1 aliphatic heterocycles. The highest BCUT2D eigenvalue weighted by Crippen LogP contribution is 2.13. The Labute approximate surface area is 145 Å². The van der Waals surface area contributed by atoms with Crippen molar-refractivity contribution in [1.29, 1.82) is 0 Å². The average molecular weight is 341 g/mol. The lowest BCUT2D eigenvalue weighted by Crippen LogP contribution is -2.31. The quantitative estimate of drug-likeness (QED) is 0.782. The van der Waals surface area contributed by atoms with Crippen molar-refractivity contribution in [3.8, 4) is 0 Å². The molecule has 1 fully saturated rings. The predicted molar refractivity (Wildman–Crippen MR) is 93.6 cm³/mol. The second-order valence-corrected chi connectivity index (χ2v) is 6.07. The molecule has 0 aliphatic carbocycles. The van der Waals surface area contributed by atoms with Gasteiger partial charge in [0.1, 0.15) is 5.82 Å². The summed E-state index contributed by atoms with van der Waals surface area (Å²) in [6.07, 6.45) is 0.875. The molecule has 3 rings (SSSR count). The summed E-state index contributed by atoms with van der Waals surface area (Å²) >= 11 is 0. The normalized spacial score (nSPS) is 16.4. The van der Waals surface area contributed by atoms with Crippen LogP contribution in [0.25, 0.3) is 0 Å². The molecule has 6 heteroatoms. The summed E-state index contributed by atoms with van der Waals surface area (Å²) < 4.78 is 12.9. The molecule has 1 saturated heterocycles. The highest BCUT2D eigenvalue weighted by molar-refractivity contribution is 6.04. The Morgan fingerprint density at radius 2 is 1.80 bits per heavy atom. The third-order valence-corrected chi connectivity index (χ3v) is 4.22. The van der Waals surface area contributed by atoms with Crippen molar-refractivity contribution in [2.45, 2.75) is 13.0 Å². The zero-order valence-electron chi connectivity index (χ0n) is 13.7. The van der Waals surface area contributed by atoms with Crippen LogP contribution in [0.2, 0.25) is 0 Å². The number of halogens is 1. The number of rotatable bonds is 5. The van der Waals surface area contributed by atoms with E-state index in [1.807, 2.05) is 12.1 Å². The summed E-state index contributed by atoms with van der Waals surface area (Å²) in [7, 11) is 0. The standard InChI is InChI=1S/C19H20FN3O2/c20-16-5-3-14(4-6-16)19(25)23-17-7-1-13(2-8-17)11-22-18(24)15-9-10-21-12-15/h1-8,15,21H,9-12H2,(H,22,24)(H,23,25). The van der Waals surface area contributed by atoms with Crippen molar-refractivity contribution in [2.24, 2.45) is 5.92 Å². The molecule has 1 atom stereocenters. The molecular weight excluding hydrogens is 321 g/mol. The van der Waals surface area contributed by atoms with E-state index >= 15 is 0 Å². The molecule has 0 saturated carbocycles. The average Bonchev–Trinajstić information content (AvgIpc) is 3.16. The first-order chi connectivity index (χ1) is 12.1. The largest absolute Gasteiger partial charge is 0.352 e. The van der Waals surface area contributed by atoms with Gasteiger partial charge < -0.3 is 16.0 Å². The summed E-state index contributed by atoms with van der Waals surface area (Å²) in [5.41, 5.74) is 1.99. The SMILES string of the molecule is O=C(Nc1ccc(CNC(=O)C2CCNC2)cc1)c1ccc(F)cc1. The molecule has 5 nitrogen and oxygen atoms in total. The Kier molecular flexibility index (Phi) is 5.40. The van der Waals surface area contributed by atoms with Crippen LogP contribution in [0, 0.1) is 11.7 Å². The molecule has 25 heavy (non-hydrogen) atoms. The lowest BCUT2D eigenvalue weighted by molar-refractivity contribution is -0.124. The smallest absolute Gasteiger partial charge is 0.255 e. The number of anilines is 1. The zero-order chi connectivity index (χ0) is 17.6. The zero-order valence-corrected chi connectivity index (χ0v) is 13.7. The van der Waals surface area contributed by atoms with E-state index in [2.05, 4.69) is 16.0 Å². The third-order valence-electron chi connectivity index (χ3n) is 4.22. The monoisotopic (exact) mass is 341 g/mol. The molecule has 0 spiro atoms. The van der Waals surface area contributed by atoms with E-state index in [1.165, 1.54) is 24.3 Å². The molecular formula is C19H20FN3O2. The van der Waals surface area contributed by atoms with Gasteiger partial charge in [-0.1, -0.05) is 12.1 Å². The van der Waals surface area contributed by atoms with Crippen molar-refractivity contribution in [3.63, 3.8) is 0 Å². The van der Waals surface area contributed by atoms with Crippen molar-refractivity contribution < 1.29 is 14.0 Å². The molecule has 1 unspecified atom stereocenters. The van der Waals surface area contributed by atoms with E-state index < -0.39 is 0 Å². The number of carbonyl (C=O) groups excluding carboxylic acids is 2. The van der Waals surface area contributed by atoms with E-state index in [0.29, 0.717) is 17.8 Å². The van der Waals surface area contributed by atoms with E-state index in [0.717, 1.165) is 25.1 Å². The van der Waals surface area contributed by atoms with Crippen molar-refractivity contribution >= 4 is 17.5 Å². The van der Waals surface area contributed by atoms with Gasteiger partial charge in [-0.2, -0.15) is 0 Å². The molecule has 2 aromatic carbocycles. The minimum atomic E-state index is -0.378. The number of nitrogens with one attached hydrogen (secondary N) is 3. The van der Waals surface area contributed by atoms with Crippen LogP contribution in [-0.4, -0.2) is 24.9 Å². The molecule has 0 radical (unpaired) electrons. The first kappa shape index (κ1) is 17.1. The second kappa shape index (κ2) is 7.90. The first-order valence-electron chi connectivity index (χ1n) is 8.26. The van der Waals surface area contributed by atoms with E-state index in [1.54, 1.807) is 12.1 Å². The van der Waals surface area contributed by atoms with Gasteiger partial charge in [0.15, 0.2) is 0 Å². The second-order valence-electron chi connectivity index (χ2n) is 6.07. The molecule has 1 heterocycles. The van der Waals surface area contributed by atoms with Crippen LogP contribution in [0.15, 0.2) is 48.5 Å². The van der Waals surface area contributed by atoms with Gasteiger partial charge >= 0.3 is 0 Å². The van der Waals surface area contributed by atoms with Gasteiger partial charge in [-0.3, -0.25) is 9.59 Å². The van der Waals surface area contributed by atoms with Crippen LogP contribution in [0.5, 0.6) is 0 Å². The highest BCUT2D eigenvalue weighted by atomic mass is 19.1. The van der Waals surface area contributed by atoms with Crippen molar-refractivity contribution in [2.75, 3.05) is 18.4 Å². The Hall–Kier alpha value is -2.73. The van der Waals surface area contributed by atoms with Crippen LogP contribution in [0.4, 0.5) is 10.1 Å². The van der Waals surface area contributed by atoms with Gasteiger partial charge in [0, 0.05) is 24.3 Å². The minimum absolute atomic E-state index is 0.0503. The molecule has 2 aromatic rings. The maximum Gasteiger partial charge on any atom is 0.255 e. The number of hydrogen-bond donors (Lipinski definition) is 3. The van der Waals surface area contributed by atoms with Gasteiger partial charge in [-0.15, -0.1) is 0 Å². The van der Waals surface area contributed by atoms with E-state index in [4.69, 9.17) is 0 Å². The summed E-state index contributed by atoms with van der Waals surface area (Å²) in [6, 6.07) is 12.6. The maximum atomic E-state index is 12.9. The van der Waals surface area contributed by atoms with Crippen LogP contribution < -0.4 is 16.0 Å². The molecule has 2 amide bonds. The van der Waals surface area contributed by atoms with Crippen molar-refractivity contribution in [3.05, 3.63) is 65.5 Å². The van der Waals surface area contributed by atoms with Gasteiger partial charge in [0.2, 0.25) is 5.91 Å². The number of carbonyl (C=O) groups is 2. The third kappa shape index (κ3) is 4.64. The number of hydrogen-bond acceptors (Lipinski definition) is 3. The summed E-state index contributed by atoms with van der Waals surface area (Å²) in [6.45, 7) is 2.09. The van der Waals surface area contributed by atoms with Crippen LogP contribution in [0.3, 0.4) is 0 Å². The number of benzene rings is 2. The molecule has 0 bridgehead atoms. The lowest BCUT2D eigenvalue weighted by Gasteiger charge is -2.10. The fraction of sp³-hybridized carbons (Fsp3) is 0.263. The topological polar surface area (TPSA) is 70.2 Å². The minimum Gasteiger partial charge on any atom is -0.352 e. The Morgan fingerprint density at radius 1 is 1.08 bits per heavy atom. The van der Waals surface area contributed by atoms with E-state index in [-0.39, 0.29) is 23.5 Å². The van der Waals surface area contributed by atoms with Crippen molar-refractivity contribution in [1.82, 2.24) is 10.6 Å². The van der Waals surface area contributed by atoms with E-state index in [9.17, 15) is 14.0 Å². The fourth-order valence-electron chi connectivity index (χ4n) is 2.72. The molecule has 130 valence electrons. The van der Waals surface area contributed by atoms with Crippen LogP contribution in [0.1, 0.15) is 22.3 Å². The molecule has 1 aliphatic rings. The van der Waals surface area contributed by atoms with Gasteiger partial charge in [-0.05, 0) is 54.9 Å².